The summed E-state index contributed by atoms with van der Waals surface area (Å²) in [6.45, 7) is 18.5. The summed E-state index contributed by atoms with van der Waals surface area (Å²) in [5.41, 5.74) is 0. The van der Waals surface area contributed by atoms with Gasteiger partial charge in [-0.3, -0.25) is 0 Å². The quantitative estimate of drug-likeness (QED) is 0.403. The number of ether oxygens (including phenoxy) is 2. The second kappa shape index (κ2) is 8.70. The zero-order valence-electron chi connectivity index (χ0n) is 17.2. The SMILES string of the molecule is C=CC1OC(C)(C)OC1CCC(CC#CC(=O)O)O[Si](C)(C)C(C)(C)C. The summed E-state index contributed by atoms with van der Waals surface area (Å²) in [5.74, 6) is 3.19. The highest BCUT2D eigenvalue weighted by atomic mass is 28.4. The lowest BCUT2D eigenvalue weighted by Gasteiger charge is -2.39. The Morgan fingerprint density at radius 2 is 2.00 bits per heavy atom. The Morgan fingerprint density at radius 1 is 1.38 bits per heavy atom. The van der Waals surface area contributed by atoms with Gasteiger partial charge in [0.1, 0.15) is 6.10 Å². The molecule has 1 aliphatic rings. The number of carboxylic acid groups (broad SMARTS) is 1. The van der Waals surface area contributed by atoms with Crippen LogP contribution in [0.2, 0.25) is 18.1 Å². The highest BCUT2D eigenvalue weighted by Crippen LogP contribution is 2.38. The summed E-state index contributed by atoms with van der Waals surface area (Å²) >= 11 is 0. The molecule has 1 saturated heterocycles. The average Bonchev–Trinajstić information content (AvgIpc) is 2.77. The van der Waals surface area contributed by atoms with Gasteiger partial charge < -0.3 is 19.0 Å². The van der Waals surface area contributed by atoms with Gasteiger partial charge in [0.15, 0.2) is 14.1 Å². The zero-order chi connectivity index (χ0) is 20.2. The Kier molecular flexibility index (Phi) is 7.67. The molecule has 0 radical (unpaired) electrons. The summed E-state index contributed by atoms with van der Waals surface area (Å²) in [6, 6.07) is 0. The van der Waals surface area contributed by atoms with Crippen molar-refractivity contribution in [3.8, 4) is 11.8 Å². The number of rotatable bonds is 7. The van der Waals surface area contributed by atoms with Gasteiger partial charge >= 0.3 is 5.97 Å². The Labute approximate surface area is 159 Å². The molecule has 148 valence electrons. The molecule has 1 N–H and O–H groups in total. The number of carbonyl (C=O) groups is 1. The molecule has 6 heteroatoms. The Balaban J connectivity index is 2.81. The molecule has 0 aromatic rings. The van der Waals surface area contributed by atoms with Gasteiger partial charge in [-0.2, -0.15) is 0 Å². The monoisotopic (exact) mass is 382 g/mol. The van der Waals surface area contributed by atoms with Crippen LogP contribution in [-0.4, -0.2) is 43.5 Å². The molecule has 0 amide bonds. The van der Waals surface area contributed by atoms with Crippen molar-refractivity contribution >= 4 is 14.3 Å². The Bertz CT molecular complexity index is 565. The van der Waals surface area contributed by atoms with Crippen LogP contribution in [0.15, 0.2) is 12.7 Å². The maximum Gasteiger partial charge on any atom is 0.381 e. The van der Waals surface area contributed by atoms with Gasteiger partial charge in [0.05, 0.1) is 12.2 Å². The van der Waals surface area contributed by atoms with Crippen LogP contribution in [0, 0.1) is 11.8 Å². The summed E-state index contributed by atoms with van der Waals surface area (Å²) in [5, 5.41) is 8.84. The van der Waals surface area contributed by atoms with E-state index in [2.05, 4.69) is 52.3 Å². The Hall–Kier alpha value is -1.13. The van der Waals surface area contributed by atoms with E-state index < -0.39 is 20.1 Å². The van der Waals surface area contributed by atoms with Gasteiger partial charge in [-0.1, -0.05) is 32.8 Å². The zero-order valence-corrected chi connectivity index (χ0v) is 18.2. The van der Waals surface area contributed by atoms with E-state index in [9.17, 15) is 4.79 Å². The van der Waals surface area contributed by atoms with Crippen molar-refractivity contribution in [2.45, 2.75) is 96.1 Å². The van der Waals surface area contributed by atoms with E-state index in [1.54, 1.807) is 6.08 Å². The van der Waals surface area contributed by atoms with Gasteiger partial charge in [-0.15, -0.1) is 6.58 Å². The smallest absolute Gasteiger partial charge is 0.381 e. The van der Waals surface area contributed by atoms with E-state index >= 15 is 0 Å². The minimum absolute atomic E-state index is 0.0735. The van der Waals surface area contributed by atoms with Gasteiger partial charge in [0.2, 0.25) is 0 Å². The molecule has 0 bridgehead atoms. The third-order valence-corrected chi connectivity index (χ3v) is 9.55. The van der Waals surface area contributed by atoms with Crippen LogP contribution in [0.5, 0.6) is 0 Å². The molecule has 0 aliphatic carbocycles. The second-order valence-electron chi connectivity index (χ2n) is 8.76. The summed E-state index contributed by atoms with van der Waals surface area (Å²) in [7, 11) is -1.98. The van der Waals surface area contributed by atoms with E-state index in [0.29, 0.717) is 6.42 Å². The first-order valence-corrected chi connectivity index (χ1v) is 12.1. The molecule has 5 nitrogen and oxygen atoms in total. The minimum Gasteiger partial charge on any atom is -0.472 e. The summed E-state index contributed by atoms with van der Waals surface area (Å²) in [6.07, 6.45) is 3.29. The van der Waals surface area contributed by atoms with E-state index in [4.69, 9.17) is 19.0 Å². The molecule has 3 unspecified atom stereocenters. The van der Waals surface area contributed by atoms with Crippen molar-refractivity contribution in [1.29, 1.82) is 0 Å². The van der Waals surface area contributed by atoms with Crippen LogP contribution in [0.25, 0.3) is 0 Å². The topological polar surface area (TPSA) is 65.0 Å². The first-order valence-electron chi connectivity index (χ1n) is 9.15. The number of hydrogen-bond acceptors (Lipinski definition) is 4. The highest BCUT2D eigenvalue weighted by Gasteiger charge is 2.41. The minimum atomic E-state index is -1.98. The molecule has 0 aromatic carbocycles. The van der Waals surface area contributed by atoms with Gasteiger partial charge in [0.25, 0.3) is 0 Å². The highest BCUT2D eigenvalue weighted by molar-refractivity contribution is 6.74. The third kappa shape index (κ3) is 6.88. The number of carboxylic acids is 1. The van der Waals surface area contributed by atoms with Crippen molar-refractivity contribution < 1.29 is 23.8 Å². The van der Waals surface area contributed by atoms with Crippen molar-refractivity contribution in [3.63, 3.8) is 0 Å². The van der Waals surface area contributed by atoms with Crippen molar-refractivity contribution in [2.75, 3.05) is 0 Å². The van der Waals surface area contributed by atoms with Crippen molar-refractivity contribution in [2.24, 2.45) is 0 Å². The first-order chi connectivity index (χ1) is 11.8. The lowest BCUT2D eigenvalue weighted by molar-refractivity contribution is -0.144. The Morgan fingerprint density at radius 3 is 2.50 bits per heavy atom. The fourth-order valence-corrected chi connectivity index (χ4v) is 4.06. The van der Waals surface area contributed by atoms with E-state index in [0.717, 1.165) is 12.8 Å². The molecule has 3 atom stereocenters. The fourth-order valence-electron chi connectivity index (χ4n) is 2.67. The third-order valence-electron chi connectivity index (χ3n) is 5.02. The largest absolute Gasteiger partial charge is 0.472 e. The van der Waals surface area contributed by atoms with Crippen molar-refractivity contribution in [1.82, 2.24) is 0 Å². The van der Waals surface area contributed by atoms with Crippen LogP contribution >= 0.6 is 0 Å². The van der Waals surface area contributed by atoms with Crippen LogP contribution < -0.4 is 0 Å². The fraction of sp³-hybridized carbons (Fsp3) is 0.750. The first kappa shape index (κ1) is 22.9. The molecule has 1 fully saturated rings. The van der Waals surface area contributed by atoms with Gasteiger partial charge in [-0.05, 0) is 44.8 Å². The summed E-state index contributed by atoms with van der Waals surface area (Å²) < 4.78 is 18.3. The average molecular weight is 383 g/mol. The van der Waals surface area contributed by atoms with E-state index in [1.165, 1.54) is 0 Å². The lowest BCUT2D eigenvalue weighted by atomic mass is 10.0. The molecular formula is C20H34O5Si. The normalized spacial score (nSPS) is 23.8. The van der Waals surface area contributed by atoms with Crippen LogP contribution in [0.3, 0.4) is 0 Å². The standard InChI is InChI=1S/C20H34O5Si/c1-9-16-17(24-20(5,6)23-16)14-13-15(11-10-12-18(21)22)25-26(7,8)19(2,3)4/h9,15-17H,1,11,13-14H2,2-8H3,(H,21,22). The van der Waals surface area contributed by atoms with Gasteiger partial charge in [-0.25, -0.2) is 4.79 Å². The molecule has 1 rings (SSSR count). The maximum absolute atomic E-state index is 10.7. The van der Waals surface area contributed by atoms with Gasteiger partial charge in [0, 0.05) is 12.3 Å². The van der Waals surface area contributed by atoms with Crippen LogP contribution in [-0.2, 0) is 18.7 Å². The van der Waals surface area contributed by atoms with Crippen LogP contribution in [0.1, 0.15) is 53.9 Å². The predicted octanol–water partition coefficient (Wildman–Crippen LogP) is 4.34. The van der Waals surface area contributed by atoms with E-state index in [-0.39, 0.29) is 23.4 Å². The van der Waals surface area contributed by atoms with Crippen LogP contribution in [0.4, 0.5) is 0 Å². The molecule has 0 saturated carbocycles. The molecule has 1 heterocycles. The number of aliphatic carboxylic acids is 1. The maximum atomic E-state index is 10.7. The molecule has 0 aromatic heterocycles. The second-order valence-corrected chi connectivity index (χ2v) is 13.5. The molecule has 0 spiro atoms. The molecule has 26 heavy (non-hydrogen) atoms. The van der Waals surface area contributed by atoms with Crippen molar-refractivity contribution in [3.05, 3.63) is 12.7 Å². The van der Waals surface area contributed by atoms with E-state index in [1.807, 2.05) is 13.8 Å². The lowest BCUT2D eigenvalue weighted by Crippen LogP contribution is -2.44. The molecular weight excluding hydrogens is 348 g/mol. The molecule has 1 aliphatic heterocycles. The predicted molar refractivity (Wildman–Crippen MR) is 105 cm³/mol. The number of hydrogen-bond donors (Lipinski definition) is 1. The summed E-state index contributed by atoms with van der Waals surface area (Å²) in [4.78, 5) is 10.7.